The molecule has 1 fully saturated rings. The third-order valence-electron chi connectivity index (χ3n) is 3.71. The van der Waals surface area contributed by atoms with E-state index in [-0.39, 0.29) is 18.6 Å². The van der Waals surface area contributed by atoms with E-state index < -0.39 is 0 Å². The Morgan fingerprint density at radius 1 is 1.52 bits per heavy atom. The molecule has 1 aromatic carbocycles. The molecule has 0 spiro atoms. The van der Waals surface area contributed by atoms with Gasteiger partial charge in [-0.1, -0.05) is 24.8 Å². The minimum atomic E-state index is -0.184. The molecule has 0 bridgehead atoms. The number of rotatable bonds is 4. The van der Waals surface area contributed by atoms with Crippen LogP contribution < -0.4 is 5.32 Å². The second-order valence-corrected chi connectivity index (χ2v) is 5.12. The van der Waals surface area contributed by atoms with Crippen LogP contribution in [0, 0.1) is 17.8 Å². The summed E-state index contributed by atoms with van der Waals surface area (Å²) in [4.78, 5) is 12.2. The van der Waals surface area contributed by atoms with Crippen molar-refractivity contribution in [2.75, 3.05) is 19.8 Å². The van der Waals surface area contributed by atoms with Gasteiger partial charge in [0.2, 0.25) is 0 Å². The molecule has 112 valence electrons. The van der Waals surface area contributed by atoms with Crippen LogP contribution in [-0.4, -0.2) is 36.9 Å². The zero-order valence-corrected chi connectivity index (χ0v) is 12.3. The van der Waals surface area contributed by atoms with Crippen LogP contribution in [0.15, 0.2) is 24.3 Å². The molecular formula is C17H21NO3. The first-order valence-corrected chi connectivity index (χ1v) is 7.34. The quantitative estimate of drug-likeness (QED) is 0.827. The number of nitrogens with one attached hydrogen (secondary N) is 1. The Balaban J connectivity index is 1.94. The topological polar surface area (TPSA) is 58.6 Å². The van der Waals surface area contributed by atoms with Crippen molar-refractivity contribution in [1.29, 1.82) is 0 Å². The Hall–Kier alpha value is -1.83. The highest BCUT2D eigenvalue weighted by Gasteiger charge is 2.26. The van der Waals surface area contributed by atoms with E-state index in [4.69, 9.17) is 9.84 Å². The number of carbonyl (C=O) groups is 1. The average molecular weight is 287 g/mol. The Morgan fingerprint density at radius 3 is 3.14 bits per heavy atom. The van der Waals surface area contributed by atoms with E-state index in [9.17, 15) is 4.79 Å². The maximum atomic E-state index is 12.2. The summed E-state index contributed by atoms with van der Waals surface area (Å²) in [5.41, 5.74) is 1.32. The molecule has 0 radical (unpaired) electrons. The Kier molecular flexibility index (Phi) is 5.79. The normalized spacial score (nSPS) is 20.7. The van der Waals surface area contributed by atoms with E-state index in [1.165, 1.54) is 0 Å². The number of aliphatic hydroxyl groups is 1. The SMILES string of the molecule is CCC1OCCC1CNC(=O)c1cccc(C#CCO)c1. The minimum absolute atomic E-state index is 0.0931. The predicted molar refractivity (Wildman–Crippen MR) is 80.9 cm³/mol. The number of amides is 1. The van der Waals surface area contributed by atoms with Gasteiger partial charge in [0.15, 0.2) is 0 Å². The van der Waals surface area contributed by atoms with Crippen molar-refractivity contribution in [3.8, 4) is 11.8 Å². The van der Waals surface area contributed by atoms with Gasteiger partial charge in [0.25, 0.3) is 5.91 Å². The van der Waals surface area contributed by atoms with Crippen molar-refractivity contribution in [2.45, 2.75) is 25.9 Å². The molecule has 4 nitrogen and oxygen atoms in total. The fraction of sp³-hybridized carbons (Fsp3) is 0.471. The monoisotopic (exact) mass is 287 g/mol. The van der Waals surface area contributed by atoms with Gasteiger partial charge >= 0.3 is 0 Å². The standard InChI is InChI=1S/C17H21NO3/c1-2-16-15(8-10-21-16)12-18-17(20)14-7-3-5-13(11-14)6-4-9-19/h3,5,7,11,15-16,19H,2,8-10,12H2,1H3,(H,18,20). The van der Waals surface area contributed by atoms with Crippen LogP contribution in [-0.2, 0) is 4.74 Å². The van der Waals surface area contributed by atoms with E-state index in [0.717, 1.165) is 25.0 Å². The lowest BCUT2D eigenvalue weighted by Crippen LogP contribution is -2.32. The Bertz CT molecular complexity index is 544. The number of benzene rings is 1. The van der Waals surface area contributed by atoms with Crippen LogP contribution in [0.4, 0.5) is 0 Å². The van der Waals surface area contributed by atoms with Crippen LogP contribution in [0.2, 0.25) is 0 Å². The van der Waals surface area contributed by atoms with Gasteiger partial charge in [-0.15, -0.1) is 0 Å². The van der Waals surface area contributed by atoms with E-state index in [1.807, 2.05) is 6.07 Å². The van der Waals surface area contributed by atoms with Crippen LogP contribution in [0.3, 0.4) is 0 Å². The minimum Gasteiger partial charge on any atom is -0.384 e. The van der Waals surface area contributed by atoms with Crippen molar-refractivity contribution >= 4 is 5.91 Å². The first kappa shape index (κ1) is 15.6. The molecule has 0 aromatic heterocycles. The maximum absolute atomic E-state index is 12.2. The molecule has 2 rings (SSSR count). The van der Waals surface area contributed by atoms with Gasteiger partial charge in [0.1, 0.15) is 6.61 Å². The fourth-order valence-corrected chi connectivity index (χ4v) is 2.58. The predicted octanol–water partition coefficient (Wildman–Crippen LogP) is 1.58. The molecule has 2 atom stereocenters. The Morgan fingerprint density at radius 2 is 2.38 bits per heavy atom. The van der Waals surface area contributed by atoms with E-state index in [1.54, 1.807) is 18.2 Å². The molecule has 2 unspecified atom stereocenters. The van der Waals surface area contributed by atoms with Gasteiger partial charge in [-0.3, -0.25) is 4.79 Å². The number of hydrogen-bond donors (Lipinski definition) is 2. The van der Waals surface area contributed by atoms with Crippen LogP contribution in [0.5, 0.6) is 0 Å². The summed E-state index contributed by atoms with van der Waals surface area (Å²) in [6.07, 6.45) is 2.24. The molecule has 1 aliphatic heterocycles. The summed E-state index contributed by atoms with van der Waals surface area (Å²) in [5, 5.41) is 11.7. The fourth-order valence-electron chi connectivity index (χ4n) is 2.58. The second-order valence-electron chi connectivity index (χ2n) is 5.12. The molecule has 2 N–H and O–H groups in total. The molecule has 21 heavy (non-hydrogen) atoms. The van der Waals surface area contributed by atoms with Crippen molar-refractivity contribution in [2.24, 2.45) is 5.92 Å². The zero-order valence-electron chi connectivity index (χ0n) is 12.3. The van der Waals surface area contributed by atoms with Gasteiger partial charge in [-0.2, -0.15) is 0 Å². The summed E-state index contributed by atoms with van der Waals surface area (Å²) in [7, 11) is 0. The molecule has 1 amide bonds. The van der Waals surface area contributed by atoms with Crippen molar-refractivity contribution in [1.82, 2.24) is 5.32 Å². The number of hydrogen-bond acceptors (Lipinski definition) is 3. The molecule has 4 heteroatoms. The van der Waals surface area contributed by atoms with Crippen molar-refractivity contribution in [3.63, 3.8) is 0 Å². The van der Waals surface area contributed by atoms with Crippen molar-refractivity contribution < 1.29 is 14.6 Å². The lowest BCUT2D eigenvalue weighted by Gasteiger charge is -2.17. The zero-order chi connectivity index (χ0) is 15.1. The van der Waals surface area contributed by atoms with Crippen LogP contribution in [0.25, 0.3) is 0 Å². The lowest BCUT2D eigenvalue weighted by molar-refractivity contribution is 0.0827. The van der Waals surface area contributed by atoms with Gasteiger partial charge in [0.05, 0.1) is 6.10 Å². The molecule has 1 aromatic rings. The summed E-state index contributed by atoms with van der Waals surface area (Å²) >= 11 is 0. The third kappa shape index (κ3) is 4.32. The molecule has 0 saturated carbocycles. The number of aliphatic hydroxyl groups excluding tert-OH is 1. The third-order valence-corrected chi connectivity index (χ3v) is 3.71. The maximum Gasteiger partial charge on any atom is 0.251 e. The molecular weight excluding hydrogens is 266 g/mol. The van der Waals surface area contributed by atoms with Gasteiger partial charge in [0, 0.05) is 30.2 Å². The van der Waals surface area contributed by atoms with Gasteiger partial charge < -0.3 is 15.2 Å². The van der Waals surface area contributed by atoms with E-state index in [0.29, 0.717) is 18.0 Å². The lowest BCUT2D eigenvalue weighted by atomic mass is 9.99. The summed E-state index contributed by atoms with van der Waals surface area (Å²) in [6, 6.07) is 7.11. The molecule has 1 aliphatic rings. The summed E-state index contributed by atoms with van der Waals surface area (Å²) in [5.74, 6) is 5.69. The molecule has 0 aliphatic carbocycles. The van der Waals surface area contributed by atoms with E-state index in [2.05, 4.69) is 24.1 Å². The van der Waals surface area contributed by atoms with Gasteiger partial charge in [-0.25, -0.2) is 0 Å². The Labute approximate surface area is 125 Å². The smallest absolute Gasteiger partial charge is 0.251 e. The van der Waals surface area contributed by atoms with E-state index >= 15 is 0 Å². The van der Waals surface area contributed by atoms with Crippen LogP contribution in [0.1, 0.15) is 35.7 Å². The highest BCUT2D eigenvalue weighted by molar-refractivity contribution is 5.94. The first-order chi connectivity index (χ1) is 10.2. The van der Waals surface area contributed by atoms with Crippen LogP contribution >= 0.6 is 0 Å². The largest absolute Gasteiger partial charge is 0.384 e. The molecule has 1 heterocycles. The summed E-state index contributed by atoms with van der Waals surface area (Å²) < 4.78 is 5.62. The highest BCUT2D eigenvalue weighted by atomic mass is 16.5. The van der Waals surface area contributed by atoms with Gasteiger partial charge in [-0.05, 0) is 31.0 Å². The number of carbonyl (C=O) groups excluding carboxylic acids is 1. The first-order valence-electron chi connectivity index (χ1n) is 7.34. The molecule has 1 saturated heterocycles. The summed E-state index contributed by atoms with van der Waals surface area (Å²) in [6.45, 7) is 3.35. The van der Waals surface area contributed by atoms with Crippen molar-refractivity contribution in [3.05, 3.63) is 35.4 Å². The highest BCUT2D eigenvalue weighted by Crippen LogP contribution is 2.22. The average Bonchev–Trinajstić information content (AvgIpc) is 2.98. The second kappa shape index (κ2) is 7.82. The number of ether oxygens (including phenoxy) is 1.